The topological polar surface area (TPSA) is 15.7 Å². The quantitative estimate of drug-likeness (QED) is 0.194. The lowest BCUT2D eigenvalue weighted by Gasteiger charge is -2.34. The van der Waals surface area contributed by atoms with E-state index < -0.39 is 0 Å². The first-order valence-electron chi connectivity index (χ1n) is 15.3. The standard InChI is InChI=1S/C42H28N2O/c1-2-16-31(17-3-1)43-38-22-10-11-24-41(38)45-42-28-32(25-26-39(42)43)44(37-23-12-15-29-13-4-7-19-34(29)37)40-27-30-14-5-6-18-33(30)35-20-8-9-21-36(35)40/h1-28H. The summed E-state index contributed by atoms with van der Waals surface area (Å²) in [5.41, 5.74) is 6.38. The molecule has 0 aliphatic carbocycles. The van der Waals surface area contributed by atoms with Gasteiger partial charge in [-0.25, -0.2) is 0 Å². The lowest BCUT2D eigenvalue weighted by molar-refractivity contribution is 0.477. The Hall–Kier alpha value is -6.06. The van der Waals surface area contributed by atoms with Crippen LogP contribution in [0.3, 0.4) is 0 Å². The maximum Gasteiger partial charge on any atom is 0.153 e. The summed E-state index contributed by atoms with van der Waals surface area (Å²) in [6.45, 7) is 0. The second-order valence-electron chi connectivity index (χ2n) is 11.4. The largest absolute Gasteiger partial charge is 0.453 e. The summed E-state index contributed by atoms with van der Waals surface area (Å²) < 4.78 is 6.67. The first-order chi connectivity index (χ1) is 22.3. The Morgan fingerprint density at radius 2 is 1.04 bits per heavy atom. The second kappa shape index (κ2) is 10.3. The molecule has 3 heteroatoms. The molecular formula is C42H28N2O. The summed E-state index contributed by atoms with van der Waals surface area (Å²) in [7, 11) is 0. The normalized spacial score (nSPS) is 12.1. The number of para-hydroxylation sites is 3. The van der Waals surface area contributed by atoms with Crippen LogP contribution in [-0.4, -0.2) is 0 Å². The predicted molar refractivity (Wildman–Crippen MR) is 188 cm³/mol. The fourth-order valence-corrected chi connectivity index (χ4v) is 6.77. The van der Waals surface area contributed by atoms with Gasteiger partial charge in [0.1, 0.15) is 0 Å². The van der Waals surface area contributed by atoms with E-state index in [0.29, 0.717) is 0 Å². The van der Waals surface area contributed by atoms with Crippen molar-refractivity contribution < 1.29 is 4.74 Å². The highest BCUT2D eigenvalue weighted by molar-refractivity contribution is 6.15. The Labute approximate surface area is 261 Å². The summed E-state index contributed by atoms with van der Waals surface area (Å²) in [4.78, 5) is 4.68. The fourth-order valence-electron chi connectivity index (χ4n) is 6.77. The van der Waals surface area contributed by atoms with E-state index in [1.165, 1.54) is 32.3 Å². The van der Waals surface area contributed by atoms with Crippen LogP contribution >= 0.6 is 0 Å². The average molecular weight is 577 g/mol. The van der Waals surface area contributed by atoms with Gasteiger partial charge < -0.3 is 14.5 Å². The Morgan fingerprint density at radius 1 is 0.400 bits per heavy atom. The first kappa shape index (κ1) is 25.4. The van der Waals surface area contributed by atoms with E-state index in [0.717, 1.165) is 45.6 Å². The van der Waals surface area contributed by atoms with Gasteiger partial charge in [0.25, 0.3) is 0 Å². The van der Waals surface area contributed by atoms with Gasteiger partial charge in [0.15, 0.2) is 11.5 Å². The van der Waals surface area contributed by atoms with Crippen molar-refractivity contribution >= 4 is 66.4 Å². The third-order valence-electron chi connectivity index (χ3n) is 8.78. The molecule has 0 saturated heterocycles. The third kappa shape index (κ3) is 4.13. The number of hydrogen-bond acceptors (Lipinski definition) is 3. The zero-order valence-electron chi connectivity index (χ0n) is 24.5. The van der Waals surface area contributed by atoms with E-state index in [4.69, 9.17) is 4.74 Å². The van der Waals surface area contributed by atoms with Crippen LogP contribution in [0.15, 0.2) is 170 Å². The summed E-state index contributed by atoms with van der Waals surface area (Å²) in [5.74, 6) is 1.64. The van der Waals surface area contributed by atoms with Gasteiger partial charge in [-0.1, -0.05) is 115 Å². The number of ether oxygens (including phenoxy) is 1. The molecular weight excluding hydrogens is 548 g/mol. The number of hydrogen-bond donors (Lipinski definition) is 0. The van der Waals surface area contributed by atoms with Crippen LogP contribution in [0.5, 0.6) is 11.5 Å². The predicted octanol–water partition coefficient (Wildman–Crippen LogP) is 12.2. The highest BCUT2D eigenvalue weighted by atomic mass is 16.5. The zero-order valence-corrected chi connectivity index (χ0v) is 24.5. The average Bonchev–Trinajstić information content (AvgIpc) is 3.11. The molecule has 0 fully saturated rings. The van der Waals surface area contributed by atoms with Gasteiger partial charge in [-0.3, -0.25) is 0 Å². The monoisotopic (exact) mass is 576 g/mol. The minimum absolute atomic E-state index is 0.811. The first-order valence-corrected chi connectivity index (χ1v) is 15.3. The molecule has 3 nitrogen and oxygen atoms in total. The highest BCUT2D eigenvalue weighted by Gasteiger charge is 2.27. The van der Waals surface area contributed by atoms with Gasteiger partial charge in [-0.15, -0.1) is 0 Å². The SMILES string of the molecule is c1ccc(N2c3ccccc3Oc3cc(N(c4cccc5ccccc45)c4cc5ccccc5c5ccccc45)ccc32)cc1. The molecule has 8 aromatic rings. The molecule has 0 N–H and O–H groups in total. The summed E-state index contributed by atoms with van der Waals surface area (Å²) in [5, 5.41) is 7.26. The summed E-state index contributed by atoms with van der Waals surface area (Å²) >= 11 is 0. The minimum atomic E-state index is 0.811. The number of nitrogens with zero attached hydrogens (tertiary/aromatic N) is 2. The molecule has 0 aromatic heterocycles. The maximum atomic E-state index is 6.67. The van der Waals surface area contributed by atoms with Gasteiger partial charge in [0.05, 0.1) is 28.4 Å². The molecule has 9 rings (SSSR count). The van der Waals surface area contributed by atoms with Crippen molar-refractivity contribution in [2.24, 2.45) is 0 Å². The van der Waals surface area contributed by atoms with Crippen LogP contribution < -0.4 is 14.5 Å². The van der Waals surface area contributed by atoms with E-state index in [1.807, 2.05) is 12.1 Å². The van der Waals surface area contributed by atoms with Crippen LogP contribution in [0.4, 0.5) is 34.1 Å². The molecule has 45 heavy (non-hydrogen) atoms. The third-order valence-corrected chi connectivity index (χ3v) is 8.78. The molecule has 0 radical (unpaired) electrons. The molecule has 0 saturated carbocycles. The molecule has 212 valence electrons. The van der Waals surface area contributed by atoms with E-state index in [9.17, 15) is 0 Å². The smallest absolute Gasteiger partial charge is 0.153 e. The highest BCUT2D eigenvalue weighted by Crippen LogP contribution is 2.53. The molecule has 1 heterocycles. The van der Waals surface area contributed by atoms with Crippen LogP contribution in [0.1, 0.15) is 0 Å². The van der Waals surface area contributed by atoms with Gasteiger partial charge in [0.2, 0.25) is 0 Å². The van der Waals surface area contributed by atoms with Crippen molar-refractivity contribution in [1.82, 2.24) is 0 Å². The van der Waals surface area contributed by atoms with Crippen LogP contribution in [0.25, 0.3) is 32.3 Å². The molecule has 0 spiro atoms. The maximum absolute atomic E-state index is 6.67. The molecule has 0 amide bonds. The number of anilines is 6. The minimum Gasteiger partial charge on any atom is -0.453 e. The molecule has 1 aliphatic heterocycles. The Morgan fingerprint density at radius 3 is 1.91 bits per heavy atom. The fraction of sp³-hybridized carbons (Fsp3) is 0. The molecule has 0 atom stereocenters. The van der Waals surface area contributed by atoms with Crippen LogP contribution in [-0.2, 0) is 0 Å². The Bertz CT molecular complexity index is 2370. The van der Waals surface area contributed by atoms with Crippen molar-refractivity contribution in [2.45, 2.75) is 0 Å². The molecule has 0 bridgehead atoms. The van der Waals surface area contributed by atoms with E-state index in [1.54, 1.807) is 0 Å². The lowest BCUT2D eigenvalue weighted by Crippen LogP contribution is -2.17. The molecule has 1 aliphatic rings. The van der Waals surface area contributed by atoms with Gasteiger partial charge in [-0.05, 0) is 70.1 Å². The number of benzene rings is 8. The van der Waals surface area contributed by atoms with Crippen molar-refractivity contribution in [3.05, 3.63) is 170 Å². The van der Waals surface area contributed by atoms with Crippen molar-refractivity contribution in [2.75, 3.05) is 9.80 Å². The van der Waals surface area contributed by atoms with Gasteiger partial charge >= 0.3 is 0 Å². The molecule has 0 unspecified atom stereocenters. The lowest BCUT2D eigenvalue weighted by atomic mass is 9.98. The Balaban J connectivity index is 1.32. The van der Waals surface area contributed by atoms with E-state index in [2.05, 4.69) is 168 Å². The van der Waals surface area contributed by atoms with Gasteiger partial charge in [0, 0.05) is 22.5 Å². The summed E-state index contributed by atoms with van der Waals surface area (Å²) in [6, 6.07) is 60.2. The van der Waals surface area contributed by atoms with Crippen molar-refractivity contribution in [1.29, 1.82) is 0 Å². The van der Waals surface area contributed by atoms with Crippen LogP contribution in [0, 0.1) is 0 Å². The van der Waals surface area contributed by atoms with Crippen molar-refractivity contribution in [3.8, 4) is 11.5 Å². The molecule has 8 aromatic carbocycles. The van der Waals surface area contributed by atoms with Gasteiger partial charge in [-0.2, -0.15) is 0 Å². The Kier molecular flexibility index (Phi) is 5.82. The van der Waals surface area contributed by atoms with Crippen LogP contribution in [0.2, 0.25) is 0 Å². The number of fused-ring (bicyclic) bond motifs is 6. The van der Waals surface area contributed by atoms with E-state index in [-0.39, 0.29) is 0 Å². The summed E-state index contributed by atoms with van der Waals surface area (Å²) in [6.07, 6.45) is 0. The number of rotatable bonds is 4. The van der Waals surface area contributed by atoms with Crippen molar-refractivity contribution in [3.63, 3.8) is 0 Å². The zero-order chi connectivity index (χ0) is 29.7. The second-order valence-corrected chi connectivity index (χ2v) is 11.4. The van der Waals surface area contributed by atoms with E-state index >= 15 is 0 Å².